The quantitative estimate of drug-likeness (QED) is 0.0500. The van der Waals surface area contributed by atoms with Gasteiger partial charge in [-0.3, -0.25) is 0 Å². The van der Waals surface area contributed by atoms with Crippen molar-refractivity contribution in [3.63, 3.8) is 0 Å². The van der Waals surface area contributed by atoms with Crippen LogP contribution in [0.25, 0.3) is 44.3 Å². The number of aromatic nitrogens is 4. The van der Waals surface area contributed by atoms with Gasteiger partial charge in [0.1, 0.15) is 0 Å². The summed E-state index contributed by atoms with van der Waals surface area (Å²) in [6, 6.07) is 4.42. The van der Waals surface area contributed by atoms with Crippen LogP contribution >= 0.6 is 0 Å². The first-order valence-corrected chi connectivity index (χ1v) is 30.3. The molecular weight excluding hydrogens is 1010 g/mol. The van der Waals surface area contributed by atoms with Gasteiger partial charge in [-0.2, -0.15) is 0 Å². The maximum absolute atomic E-state index is 19.8. The van der Waals surface area contributed by atoms with Gasteiger partial charge in [0, 0.05) is 0 Å². The topological polar surface area (TPSA) is 88.5 Å². The second kappa shape index (κ2) is 20.1. The molecule has 0 spiro atoms. The monoisotopic (exact) mass is 1090 g/mol. The van der Waals surface area contributed by atoms with E-state index in [1.165, 1.54) is 0 Å². The molecule has 5 aromatic rings. The maximum atomic E-state index is 19.8. The molecule has 2 aliphatic heterocycles. The number of benzene rings is 3. The van der Waals surface area contributed by atoms with Gasteiger partial charge in [-0.05, 0) is 0 Å². The van der Waals surface area contributed by atoms with E-state index in [0.717, 1.165) is 136 Å². The fraction of sp³-hybridized carbons (Fsp3) is 0.679. The van der Waals surface area contributed by atoms with E-state index >= 15 is 8.78 Å². The minimum absolute atomic E-state index is 0.287. The molecule has 0 unspecified atom stereocenters. The molecule has 2 fully saturated rings. The normalized spacial score (nSPS) is 19.7. The molecule has 2 aromatic heterocycles. The van der Waals surface area contributed by atoms with Crippen molar-refractivity contribution in [3.05, 3.63) is 46.0 Å². The standard InChI is InChI=1S/C56H78B2F2N4O4Se2/c1-13-17-21-25-29-55(30-26-22-18-14-2)35-33-37(57-65-51(5,6)52(7,8)66-57)47-49(63-69-61-47)39(35)41-43(55)45(59)42-40-36(56(44(42)46(41)60,31-27-23-19-15-3)32-28-24-20-16-4)34-38(48-50(40)64-70-62-48)58-67-53(9,10)54(11,12)68-58/h33-34H,13-32H2,1-12H3. The van der Waals surface area contributed by atoms with Crippen molar-refractivity contribution < 1.29 is 27.4 Å². The molecule has 0 bridgehead atoms. The van der Waals surface area contributed by atoms with Crippen molar-refractivity contribution in [2.75, 3.05) is 0 Å². The Kier molecular flexibility index (Phi) is 15.1. The third kappa shape index (κ3) is 8.53. The van der Waals surface area contributed by atoms with Crippen molar-refractivity contribution >= 4 is 77.2 Å². The first-order chi connectivity index (χ1) is 33.4. The van der Waals surface area contributed by atoms with Crippen LogP contribution in [0.15, 0.2) is 12.1 Å². The summed E-state index contributed by atoms with van der Waals surface area (Å²) in [6.45, 7) is 25.5. The van der Waals surface area contributed by atoms with E-state index in [-0.39, 0.29) is 11.6 Å². The predicted molar refractivity (Wildman–Crippen MR) is 285 cm³/mol. The van der Waals surface area contributed by atoms with Crippen LogP contribution in [0.5, 0.6) is 0 Å². The summed E-state index contributed by atoms with van der Waals surface area (Å²) in [4.78, 5) is 0. The van der Waals surface area contributed by atoms with Crippen LogP contribution < -0.4 is 10.9 Å². The summed E-state index contributed by atoms with van der Waals surface area (Å²) in [5.74, 6) is -0.573. The van der Waals surface area contributed by atoms with Crippen LogP contribution in [0.4, 0.5) is 8.78 Å². The zero-order chi connectivity index (χ0) is 50.0. The number of hydrogen-bond donors (Lipinski definition) is 0. The fourth-order valence-corrected chi connectivity index (χ4v) is 14.9. The molecule has 378 valence electrons. The minimum atomic E-state index is -0.824. The number of fused-ring (bicyclic) bond motifs is 10. The summed E-state index contributed by atoms with van der Waals surface area (Å²) < 4.78 is 87.5. The van der Waals surface area contributed by atoms with Crippen LogP contribution in [0, 0.1) is 11.6 Å². The molecule has 0 atom stereocenters. The molecule has 3 aromatic carbocycles. The van der Waals surface area contributed by atoms with Crippen LogP contribution in [-0.4, -0.2) is 82.5 Å². The summed E-state index contributed by atoms with van der Waals surface area (Å²) >= 11 is -0.934. The molecule has 4 heterocycles. The average molecular weight is 1090 g/mol. The van der Waals surface area contributed by atoms with E-state index in [1.54, 1.807) is 0 Å². The Hall–Kier alpha value is -2.27. The van der Waals surface area contributed by atoms with E-state index in [1.807, 2.05) is 0 Å². The van der Waals surface area contributed by atoms with Gasteiger partial charge in [-0.25, -0.2) is 0 Å². The second-order valence-electron chi connectivity index (χ2n) is 23.4. The fourth-order valence-electron chi connectivity index (χ4n) is 12.5. The van der Waals surface area contributed by atoms with Gasteiger partial charge in [0.15, 0.2) is 0 Å². The zero-order valence-electron chi connectivity index (χ0n) is 44.4. The summed E-state index contributed by atoms with van der Waals surface area (Å²) in [5, 5.41) is 0. The van der Waals surface area contributed by atoms with Crippen molar-refractivity contribution in [2.24, 2.45) is 0 Å². The van der Waals surface area contributed by atoms with Gasteiger partial charge in [-0.15, -0.1) is 0 Å². The van der Waals surface area contributed by atoms with E-state index in [4.69, 9.17) is 34.5 Å². The Bertz CT molecular complexity index is 2490. The number of rotatable bonds is 22. The average Bonchev–Trinajstić information content (AvgIpc) is 4.15. The molecule has 70 heavy (non-hydrogen) atoms. The second-order valence-corrected chi connectivity index (χ2v) is 25.6. The number of unbranched alkanes of at least 4 members (excludes halogenated alkanes) is 12. The van der Waals surface area contributed by atoms with E-state index < -0.39 is 77.4 Å². The number of halogens is 2. The molecular formula is C56H78B2F2N4O4Se2. The first-order valence-electron chi connectivity index (χ1n) is 27.2. The molecule has 2 aliphatic carbocycles. The van der Waals surface area contributed by atoms with Crippen molar-refractivity contribution in [2.45, 2.75) is 245 Å². The number of nitrogens with zero attached hydrogens (tertiary/aromatic N) is 4. The Morgan fingerprint density at radius 3 is 0.986 bits per heavy atom. The summed E-state index contributed by atoms with van der Waals surface area (Å²) in [7, 11) is -1.39. The van der Waals surface area contributed by atoms with E-state index in [0.29, 0.717) is 70.0 Å². The van der Waals surface area contributed by atoms with Gasteiger partial charge in [0.05, 0.1) is 0 Å². The Balaban J connectivity index is 1.38. The van der Waals surface area contributed by atoms with Gasteiger partial charge in [0.2, 0.25) is 0 Å². The molecule has 2 saturated heterocycles. The number of hydrogen-bond acceptors (Lipinski definition) is 8. The van der Waals surface area contributed by atoms with E-state index in [2.05, 4.69) is 95.2 Å². The summed E-state index contributed by atoms with van der Waals surface area (Å²) in [6.07, 6.45) is 19.1. The molecule has 0 radical (unpaired) electrons. The SMILES string of the molecule is CCCCCCC1(CCCCCC)c2cc(B3OC(C)(C)C(C)(C)O3)c3n[se]nc3c2-c2c(F)c3c(c(F)c21)-c1c(cc(B2OC(C)(C)C(C)(C)O2)c2n[se]nc12)C3(CCCCCC)CCCCCC. The molecule has 0 saturated carbocycles. The van der Waals surface area contributed by atoms with Gasteiger partial charge < -0.3 is 0 Å². The van der Waals surface area contributed by atoms with Crippen LogP contribution in [-0.2, 0) is 29.4 Å². The zero-order valence-corrected chi connectivity index (χ0v) is 47.9. The third-order valence-corrected chi connectivity index (χ3v) is 20.1. The Morgan fingerprint density at radius 1 is 0.414 bits per heavy atom. The predicted octanol–water partition coefficient (Wildman–Crippen LogP) is 13.0. The van der Waals surface area contributed by atoms with Gasteiger partial charge in [-0.1, -0.05) is 0 Å². The van der Waals surface area contributed by atoms with Crippen LogP contribution in [0.2, 0.25) is 0 Å². The molecule has 0 N–H and O–H groups in total. The molecule has 14 heteroatoms. The molecule has 4 aliphatic rings. The van der Waals surface area contributed by atoms with Crippen LogP contribution in [0.1, 0.15) is 234 Å². The van der Waals surface area contributed by atoms with Gasteiger partial charge >= 0.3 is 433 Å². The summed E-state index contributed by atoms with van der Waals surface area (Å²) in [5.41, 5.74) is 5.70. The Labute approximate surface area is 431 Å². The van der Waals surface area contributed by atoms with Crippen LogP contribution in [0.3, 0.4) is 0 Å². The molecule has 9 rings (SSSR count). The third-order valence-electron chi connectivity index (χ3n) is 17.8. The van der Waals surface area contributed by atoms with Gasteiger partial charge in [0.25, 0.3) is 0 Å². The molecule has 8 nitrogen and oxygen atoms in total. The van der Waals surface area contributed by atoms with Crippen molar-refractivity contribution in [1.29, 1.82) is 0 Å². The van der Waals surface area contributed by atoms with E-state index in [9.17, 15) is 0 Å². The first kappa shape index (κ1) is 52.6. The van der Waals surface area contributed by atoms with Crippen molar-refractivity contribution in [3.8, 4) is 22.3 Å². The Morgan fingerprint density at radius 2 is 0.700 bits per heavy atom. The molecule has 0 amide bonds. The van der Waals surface area contributed by atoms with Crippen molar-refractivity contribution in [1.82, 2.24) is 15.9 Å².